The van der Waals surface area contributed by atoms with Gasteiger partial charge in [0.2, 0.25) is 17.7 Å². The highest BCUT2D eigenvalue weighted by Crippen LogP contribution is 2.38. The summed E-state index contributed by atoms with van der Waals surface area (Å²) < 4.78 is 56.2. The molecule has 1 aliphatic heterocycles. The van der Waals surface area contributed by atoms with Crippen molar-refractivity contribution in [2.45, 2.75) is 88.8 Å². The molecular weight excluding hydrogens is 1030 g/mol. The summed E-state index contributed by atoms with van der Waals surface area (Å²) in [5.74, 6) is -1.19. The topological polar surface area (TPSA) is 242 Å². The third kappa shape index (κ3) is 14.9. The van der Waals surface area contributed by atoms with Crippen molar-refractivity contribution in [2.24, 2.45) is 5.41 Å². The van der Waals surface area contributed by atoms with E-state index in [0.717, 1.165) is 37.6 Å². The first-order valence-electron chi connectivity index (χ1n) is 25.2. The summed E-state index contributed by atoms with van der Waals surface area (Å²) in [6, 6.07) is 16.5. The number of benzene rings is 3. The van der Waals surface area contributed by atoms with Gasteiger partial charge in [0.05, 0.1) is 100 Å². The fraction of sp³-hybridized carbons (Fsp3) is 0.481. The molecule has 0 radical (unpaired) electrons. The molecule has 76 heavy (non-hydrogen) atoms. The van der Waals surface area contributed by atoms with E-state index in [0.29, 0.717) is 23.1 Å². The molecule has 0 bridgehead atoms. The van der Waals surface area contributed by atoms with Crippen molar-refractivity contribution in [1.82, 2.24) is 35.8 Å². The number of aryl methyl sites for hydroxylation is 1. The van der Waals surface area contributed by atoms with Gasteiger partial charge < -0.3 is 55.0 Å². The number of aliphatic hydroxyl groups excluding tert-OH is 1. The minimum absolute atomic E-state index is 0.0495. The molecule has 7 rings (SSSR count). The van der Waals surface area contributed by atoms with Crippen molar-refractivity contribution in [3.05, 3.63) is 89.1 Å². The molecule has 410 valence electrons. The highest BCUT2D eigenvalue weighted by Gasteiger charge is 2.45. The van der Waals surface area contributed by atoms with Gasteiger partial charge in [0, 0.05) is 48.5 Å². The van der Waals surface area contributed by atoms with Gasteiger partial charge in [-0.15, -0.1) is 22.7 Å². The molecular formula is C54H70N8O11S3. The second-order valence-corrected chi connectivity index (χ2v) is 24.9. The number of rotatable bonds is 26. The SMILES string of the molecule is CNC[C@H](NC(=O)[C@@H]1C[C@@H](O)CN1C(=O)[C@@H](NC(=O)COCCOCCOCCOCCOc1cc2nccc(Nc3ccc4scnc4c3)c2cc1S(=O)(=O)C(C)(C)C)C(C)(C)C)c1ccc(-c2scnc2C)cc1. The zero-order valence-corrected chi connectivity index (χ0v) is 46.8. The Morgan fingerprint density at radius 1 is 0.803 bits per heavy atom. The lowest BCUT2D eigenvalue weighted by Gasteiger charge is -2.35. The van der Waals surface area contributed by atoms with E-state index in [1.54, 1.807) is 80.4 Å². The normalized spacial score (nSPS) is 16.0. The lowest BCUT2D eigenvalue weighted by atomic mass is 9.85. The number of hydrogen-bond acceptors (Lipinski definition) is 18. The van der Waals surface area contributed by atoms with Gasteiger partial charge in [0.15, 0.2) is 9.84 Å². The summed E-state index contributed by atoms with van der Waals surface area (Å²) in [7, 11) is -2.04. The molecule has 4 heterocycles. The molecule has 0 unspecified atom stereocenters. The van der Waals surface area contributed by atoms with E-state index in [2.05, 4.69) is 36.2 Å². The molecule has 5 N–H and O–H groups in total. The van der Waals surface area contributed by atoms with Gasteiger partial charge in [0.25, 0.3) is 0 Å². The van der Waals surface area contributed by atoms with Crippen molar-refractivity contribution in [2.75, 3.05) is 84.9 Å². The van der Waals surface area contributed by atoms with Crippen molar-refractivity contribution < 1.29 is 51.6 Å². The molecule has 1 saturated heterocycles. The van der Waals surface area contributed by atoms with Crippen LogP contribution in [0.5, 0.6) is 5.75 Å². The van der Waals surface area contributed by atoms with Gasteiger partial charge in [-0.2, -0.15) is 0 Å². The maximum atomic E-state index is 14.2. The van der Waals surface area contributed by atoms with Crippen LogP contribution in [0.2, 0.25) is 0 Å². The summed E-state index contributed by atoms with van der Waals surface area (Å²) in [5.41, 5.74) is 8.64. The summed E-state index contributed by atoms with van der Waals surface area (Å²) in [4.78, 5) is 56.9. The van der Waals surface area contributed by atoms with Crippen LogP contribution in [0.1, 0.15) is 65.3 Å². The predicted octanol–water partition coefficient (Wildman–Crippen LogP) is 6.61. The lowest BCUT2D eigenvalue weighted by molar-refractivity contribution is -0.144. The minimum Gasteiger partial charge on any atom is -0.490 e. The monoisotopic (exact) mass is 1100 g/mol. The average Bonchev–Trinajstić information content (AvgIpc) is 4.16. The highest BCUT2D eigenvalue weighted by atomic mass is 32.2. The number of likely N-dealkylation sites (tertiary alicyclic amines) is 1. The standard InChI is InChI=1S/C54H70N8O11S3/c1-34-49(75-32-57-34)36-11-9-35(10-12-36)43(29-55-8)60-51(65)44-26-38(63)30-62(44)52(66)50(53(2,3)4)61-48(64)31-72-22-21-70-18-17-69-19-20-71-23-24-73-45-28-41-39(27-47(45)76(67,68)54(5,6)7)40(15-16-56-41)59-37-13-14-46-42(25-37)58-33-74-46/h9-16,25,27-28,32-33,38,43-44,50,55,63H,17-24,26,29-31H2,1-8H3,(H,56,59)(H,60,65)(H,61,64)/t38-,43+,44+,50-/m1/s1. The minimum atomic E-state index is -3.84. The molecule has 4 atom stereocenters. The summed E-state index contributed by atoms with van der Waals surface area (Å²) in [5, 5.41) is 23.8. The number of sulfone groups is 1. The first kappa shape index (κ1) is 58.0. The van der Waals surface area contributed by atoms with Crippen molar-refractivity contribution in [3.8, 4) is 16.2 Å². The fourth-order valence-corrected chi connectivity index (χ4v) is 11.3. The number of carbonyl (C=O) groups excluding carboxylic acids is 3. The first-order valence-corrected chi connectivity index (χ1v) is 28.4. The number of carbonyl (C=O) groups is 3. The number of nitrogens with zero attached hydrogens (tertiary/aromatic N) is 4. The van der Waals surface area contributed by atoms with Gasteiger partial charge >= 0.3 is 0 Å². The number of aromatic nitrogens is 3. The molecule has 3 amide bonds. The summed E-state index contributed by atoms with van der Waals surface area (Å²) in [6.07, 6.45) is 0.805. The Kier molecular flexibility index (Phi) is 19.9. The largest absolute Gasteiger partial charge is 0.490 e. The Morgan fingerprint density at radius 2 is 1.47 bits per heavy atom. The van der Waals surface area contributed by atoms with Crippen LogP contribution in [0.25, 0.3) is 31.6 Å². The van der Waals surface area contributed by atoms with Crippen LogP contribution in [0, 0.1) is 12.3 Å². The van der Waals surface area contributed by atoms with E-state index < -0.39 is 62.0 Å². The number of ether oxygens (including phenoxy) is 5. The average molecular weight is 1100 g/mol. The molecule has 1 aliphatic rings. The van der Waals surface area contributed by atoms with Gasteiger partial charge in [0.1, 0.15) is 35.9 Å². The number of likely N-dealkylation sites (N-methyl/N-ethyl adjacent to an activating group) is 1. The lowest BCUT2D eigenvalue weighted by Crippen LogP contribution is -2.58. The van der Waals surface area contributed by atoms with Crippen LogP contribution in [0.15, 0.2) is 82.8 Å². The van der Waals surface area contributed by atoms with E-state index in [1.807, 2.05) is 75.7 Å². The smallest absolute Gasteiger partial charge is 0.246 e. The Hall–Kier alpha value is -5.69. The van der Waals surface area contributed by atoms with Crippen LogP contribution in [-0.4, -0.2) is 154 Å². The molecule has 0 saturated carbocycles. The zero-order chi connectivity index (χ0) is 54.6. The van der Waals surface area contributed by atoms with Crippen LogP contribution >= 0.6 is 22.7 Å². The molecule has 3 aromatic heterocycles. The first-order chi connectivity index (χ1) is 36.2. The maximum absolute atomic E-state index is 14.2. The second kappa shape index (κ2) is 26.1. The van der Waals surface area contributed by atoms with E-state index in [1.165, 1.54) is 4.90 Å². The van der Waals surface area contributed by atoms with E-state index in [-0.39, 0.29) is 83.1 Å². The number of β-amino-alcohol motifs (C(OH)–C–C–N with tert-alkyl or cyclic N) is 1. The summed E-state index contributed by atoms with van der Waals surface area (Å²) >= 11 is 3.12. The van der Waals surface area contributed by atoms with Gasteiger partial charge in [-0.1, -0.05) is 45.0 Å². The third-order valence-electron chi connectivity index (χ3n) is 12.7. The number of pyridine rings is 1. The molecule has 1 fully saturated rings. The van der Waals surface area contributed by atoms with Gasteiger partial charge in [-0.05, 0) is 81.6 Å². The number of fused-ring (bicyclic) bond motifs is 2. The van der Waals surface area contributed by atoms with Gasteiger partial charge in [-0.3, -0.25) is 19.4 Å². The van der Waals surface area contributed by atoms with Crippen molar-refractivity contribution in [1.29, 1.82) is 0 Å². The fourth-order valence-electron chi connectivity index (χ4n) is 8.53. The molecule has 22 heteroatoms. The Morgan fingerprint density at radius 3 is 2.12 bits per heavy atom. The number of amides is 3. The molecule has 0 spiro atoms. The number of hydrogen-bond donors (Lipinski definition) is 5. The van der Waals surface area contributed by atoms with E-state index >= 15 is 0 Å². The Balaban J connectivity index is 0.796. The number of aliphatic hydroxyl groups is 1. The van der Waals surface area contributed by atoms with Crippen molar-refractivity contribution >= 4 is 82.7 Å². The summed E-state index contributed by atoms with van der Waals surface area (Å²) in [6.45, 7) is 14.1. The molecule has 19 nitrogen and oxygen atoms in total. The second-order valence-electron chi connectivity index (χ2n) is 20.5. The predicted molar refractivity (Wildman–Crippen MR) is 295 cm³/mol. The third-order valence-corrected chi connectivity index (χ3v) is 17.0. The number of thiazole rings is 2. The van der Waals surface area contributed by atoms with Crippen LogP contribution in [0.4, 0.5) is 11.4 Å². The van der Waals surface area contributed by atoms with Gasteiger partial charge in [-0.25, -0.2) is 18.4 Å². The molecule has 0 aliphatic carbocycles. The zero-order valence-electron chi connectivity index (χ0n) is 44.3. The number of nitrogens with one attached hydrogen (secondary N) is 4. The molecule has 3 aromatic carbocycles. The van der Waals surface area contributed by atoms with Crippen LogP contribution in [0.3, 0.4) is 0 Å². The van der Waals surface area contributed by atoms with E-state index in [9.17, 15) is 27.9 Å². The Bertz CT molecular complexity index is 3030. The van der Waals surface area contributed by atoms with Crippen LogP contribution in [-0.2, 0) is 43.2 Å². The quantitative estimate of drug-likeness (QED) is 0.0359. The van der Waals surface area contributed by atoms with E-state index in [4.69, 9.17) is 23.7 Å². The maximum Gasteiger partial charge on any atom is 0.246 e. The van der Waals surface area contributed by atoms with Crippen LogP contribution < -0.4 is 26.0 Å². The van der Waals surface area contributed by atoms with Crippen molar-refractivity contribution in [3.63, 3.8) is 0 Å². The number of anilines is 2. The Labute approximate surface area is 452 Å². The molecule has 6 aromatic rings. The highest BCUT2D eigenvalue weighted by molar-refractivity contribution is 7.92.